The molecule has 0 radical (unpaired) electrons. The van der Waals surface area contributed by atoms with Crippen LogP contribution in [0.3, 0.4) is 0 Å². The average Bonchev–Trinajstić information content (AvgIpc) is 3.41. The summed E-state index contributed by atoms with van der Waals surface area (Å²) in [4.78, 5) is 14.2. The highest BCUT2D eigenvalue weighted by Gasteiger charge is 2.72. The van der Waals surface area contributed by atoms with Gasteiger partial charge >= 0.3 is 0 Å². The van der Waals surface area contributed by atoms with Crippen molar-refractivity contribution < 1.29 is 35.1 Å². The molecule has 3 saturated carbocycles. The lowest BCUT2D eigenvalue weighted by atomic mass is 9.42. The van der Waals surface area contributed by atoms with E-state index >= 15 is 0 Å². The molecule has 4 fully saturated rings. The van der Waals surface area contributed by atoms with Crippen molar-refractivity contribution in [3.05, 3.63) is 47.7 Å². The van der Waals surface area contributed by atoms with Crippen molar-refractivity contribution in [1.82, 2.24) is 5.32 Å². The molecule has 2 aliphatic heterocycles. The van der Waals surface area contributed by atoms with E-state index in [-0.39, 0.29) is 54.4 Å². The van der Waals surface area contributed by atoms with E-state index in [9.17, 15) is 30.3 Å². The Labute approximate surface area is 266 Å². The maximum absolute atomic E-state index is 14.2. The Morgan fingerprint density at radius 3 is 2.56 bits per heavy atom. The molecule has 1 spiro atoms. The predicted molar refractivity (Wildman–Crippen MR) is 168 cm³/mol. The molecular weight excluding hydrogens is 572 g/mol. The molecule has 45 heavy (non-hydrogen) atoms. The predicted octanol–water partition coefficient (Wildman–Crippen LogP) is 2.08. The normalized spacial score (nSPS) is 52.4. The van der Waals surface area contributed by atoms with Gasteiger partial charge in [-0.15, -0.1) is 0 Å². The van der Waals surface area contributed by atoms with E-state index in [1.165, 1.54) is 0 Å². The van der Waals surface area contributed by atoms with Gasteiger partial charge in [-0.05, 0) is 104 Å². The zero-order valence-corrected chi connectivity index (χ0v) is 27.0. The van der Waals surface area contributed by atoms with Gasteiger partial charge in [0.1, 0.15) is 6.10 Å². The van der Waals surface area contributed by atoms with Crippen LogP contribution in [0.15, 0.2) is 47.7 Å². The first kappa shape index (κ1) is 31.7. The quantitative estimate of drug-likeness (QED) is 0.232. The standard InChI is InChI=1S/C36H52N2O7/c1-18-17-45-31(19(18)2)32(42)34(4,43)28-9-10-36(44)24-12-25(39)23-11-26(40)27(41)15-35(23)14-20(22-7-8-29(37)38-16-22)5-6-21(30(24)35)13-33(28,36)3/h5-8,12,16,18-21,23,26-32,38,40-44H,9-11,13-15,17,37H2,1-4H3/t18-,19+,20-,21-,23+,26-,27+,28+,29?,30+,31-,32-,33-,34-,35+,36-/m1/s1. The summed E-state index contributed by atoms with van der Waals surface area (Å²) in [5.41, 5.74) is 3.35. The molecular formula is C36H52N2O7. The monoisotopic (exact) mass is 624 g/mol. The summed E-state index contributed by atoms with van der Waals surface area (Å²) in [6.45, 7) is 8.40. The first-order valence-electron chi connectivity index (χ1n) is 17.1. The molecule has 2 heterocycles. The van der Waals surface area contributed by atoms with Gasteiger partial charge in [0.15, 0.2) is 5.78 Å². The first-order chi connectivity index (χ1) is 21.1. The zero-order chi connectivity index (χ0) is 32.3. The van der Waals surface area contributed by atoms with Gasteiger partial charge in [-0.2, -0.15) is 0 Å². The minimum Gasteiger partial charge on any atom is -0.390 e. The number of aliphatic hydroxyl groups excluding tert-OH is 3. The lowest BCUT2D eigenvalue weighted by Crippen LogP contribution is -2.66. The molecule has 0 aromatic heterocycles. The van der Waals surface area contributed by atoms with Crippen LogP contribution in [0.1, 0.15) is 66.2 Å². The maximum atomic E-state index is 14.2. The van der Waals surface area contributed by atoms with Crippen LogP contribution in [0, 0.1) is 52.3 Å². The van der Waals surface area contributed by atoms with E-state index in [1.807, 2.05) is 25.3 Å². The summed E-state index contributed by atoms with van der Waals surface area (Å²) in [6.07, 6.45) is 10.6. The fraction of sp³-hybridized carbons (Fsp3) is 0.750. The smallest absolute Gasteiger partial charge is 0.159 e. The summed E-state index contributed by atoms with van der Waals surface area (Å²) in [5.74, 6) is -1.04. The van der Waals surface area contributed by atoms with Gasteiger partial charge in [0.2, 0.25) is 0 Å². The van der Waals surface area contributed by atoms with Crippen LogP contribution in [0.2, 0.25) is 0 Å². The molecule has 7 rings (SSSR count). The van der Waals surface area contributed by atoms with E-state index in [0.29, 0.717) is 37.9 Å². The first-order valence-corrected chi connectivity index (χ1v) is 17.1. The van der Waals surface area contributed by atoms with Crippen molar-refractivity contribution >= 4 is 5.78 Å². The van der Waals surface area contributed by atoms with E-state index in [0.717, 1.165) is 5.57 Å². The van der Waals surface area contributed by atoms with Crippen LogP contribution in [-0.4, -0.2) is 79.7 Å². The van der Waals surface area contributed by atoms with Gasteiger partial charge in [-0.25, -0.2) is 0 Å². The maximum Gasteiger partial charge on any atom is 0.159 e. The molecule has 8 N–H and O–H groups in total. The highest BCUT2D eigenvalue weighted by Crippen LogP contribution is 2.72. The molecule has 0 bridgehead atoms. The number of carbonyl (C=O) groups is 1. The second kappa shape index (κ2) is 10.6. The summed E-state index contributed by atoms with van der Waals surface area (Å²) in [7, 11) is 0. The Morgan fingerprint density at radius 2 is 1.89 bits per heavy atom. The Bertz CT molecular complexity index is 1360. The summed E-state index contributed by atoms with van der Waals surface area (Å²) >= 11 is 0. The Balaban J connectivity index is 1.33. The summed E-state index contributed by atoms with van der Waals surface area (Å²) in [5, 5.41) is 62.0. The Hall–Kier alpha value is -1.85. The van der Waals surface area contributed by atoms with Crippen LogP contribution in [0.4, 0.5) is 0 Å². The molecule has 0 aromatic carbocycles. The number of rotatable bonds is 4. The molecule has 16 atom stereocenters. The number of ketones is 1. The molecule has 248 valence electrons. The van der Waals surface area contributed by atoms with Gasteiger partial charge in [-0.3, -0.25) is 4.79 Å². The second-order valence-electron chi connectivity index (χ2n) is 16.3. The van der Waals surface area contributed by atoms with Crippen molar-refractivity contribution in [1.29, 1.82) is 0 Å². The van der Waals surface area contributed by atoms with Crippen LogP contribution in [-0.2, 0) is 9.53 Å². The van der Waals surface area contributed by atoms with Crippen LogP contribution in [0.5, 0.6) is 0 Å². The lowest BCUT2D eigenvalue weighted by molar-refractivity contribution is -0.200. The molecule has 9 heteroatoms. The highest BCUT2D eigenvalue weighted by atomic mass is 16.5. The summed E-state index contributed by atoms with van der Waals surface area (Å²) < 4.78 is 6.01. The highest BCUT2D eigenvalue weighted by molar-refractivity contribution is 5.95. The van der Waals surface area contributed by atoms with Crippen LogP contribution in [0.25, 0.3) is 0 Å². The van der Waals surface area contributed by atoms with Crippen molar-refractivity contribution in [2.24, 2.45) is 58.0 Å². The number of nitrogens with one attached hydrogen (secondary N) is 1. The van der Waals surface area contributed by atoms with Gasteiger partial charge in [0, 0.05) is 30.1 Å². The number of nitrogens with two attached hydrogens (primary N) is 1. The zero-order valence-electron chi connectivity index (χ0n) is 27.0. The van der Waals surface area contributed by atoms with E-state index in [2.05, 4.69) is 31.3 Å². The van der Waals surface area contributed by atoms with Gasteiger partial charge in [-0.1, -0.05) is 39.0 Å². The fourth-order valence-corrected chi connectivity index (χ4v) is 11.4. The SMILES string of the molecule is C[C@@H]1[C@H]([C@@H](O)[C@](C)(O)[C@H]2CC[C@@]3(O)C4=CC(=O)[C@@H]5C[C@@H](O)[C@@H](O)C[C@@]56C[C@H](C5=CNC(N)C=C5)C=C[C@H](C[C@]23C)[C@@H]46)OC[C@H]1C. The number of allylic oxidation sites excluding steroid dienone is 5. The number of fused-ring (bicyclic) bond motifs is 2. The Morgan fingerprint density at radius 1 is 1.13 bits per heavy atom. The van der Waals surface area contributed by atoms with Crippen molar-refractivity contribution in [3.63, 3.8) is 0 Å². The number of carbonyl (C=O) groups excluding carboxylic acids is 1. The molecule has 0 amide bonds. The number of hydrogen-bond acceptors (Lipinski definition) is 9. The minimum absolute atomic E-state index is 0.0602. The second-order valence-corrected chi connectivity index (χ2v) is 16.3. The average molecular weight is 625 g/mol. The Kier molecular flexibility index (Phi) is 7.46. The third-order valence-corrected chi connectivity index (χ3v) is 14.0. The molecule has 5 aliphatic carbocycles. The van der Waals surface area contributed by atoms with Gasteiger partial charge < -0.3 is 41.3 Å². The molecule has 0 aromatic rings. The van der Waals surface area contributed by atoms with Crippen LogP contribution >= 0.6 is 0 Å². The number of aliphatic hydroxyl groups is 5. The summed E-state index contributed by atoms with van der Waals surface area (Å²) in [6, 6.07) is 0. The van der Waals surface area contributed by atoms with Crippen molar-refractivity contribution in [2.75, 3.05) is 6.61 Å². The minimum atomic E-state index is -1.54. The molecule has 1 unspecified atom stereocenters. The largest absolute Gasteiger partial charge is 0.390 e. The van der Waals surface area contributed by atoms with E-state index in [4.69, 9.17) is 10.5 Å². The topological polar surface area (TPSA) is 166 Å². The molecule has 9 nitrogen and oxygen atoms in total. The fourth-order valence-electron chi connectivity index (χ4n) is 11.4. The van der Waals surface area contributed by atoms with Crippen molar-refractivity contribution in [2.45, 2.75) is 108 Å². The number of dihydropyridines is 1. The van der Waals surface area contributed by atoms with Crippen LogP contribution < -0.4 is 11.1 Å². The van der Waals surface area contributed by atoms with E-state index < -0.39 is 58.3 Å². The van der Waals surface area contributed by atoms with E-state index in [1.54, 1.807) is 13.0 Å². The molecule has 1 saturated heterocycles. The van der Waals surface area contributed by atoms with Gasteiger partial charge in [0.05, 0.1) is 35.7 Å². The third-order valence-electron chi connectivity index (χ3n) is 14.0. The molecule has 7 aliphatic rings. The lowest BCUT2D eigenvalue weighted by Gasteiger charge is -2.63. The third kappa shape index (κ3) is 4.41. The van der Waals surface area contributed by atoms with Gasteiger partial charge in [0.25, 0.3) is 0 Å². The number of ether oxygens (including phenoxy) is 1. The number of hydrogen-bond donors (Lipinski definition) is 7. The van der Waals surface area contributed by atoms with Crippen molar-refractivity contribution in [3.8, 4) is 0 Å².